The molecular formula is C17H15ClN4O3S2. The van der Waals surface area contributed by atoms with Crippen LogP contribution < -0.4 is 10.6 Å². The number of amides is 2. The molecule has 7 nitrogen and oxygen atoms in total. The van der Waals surface area contributed by atoms with Crippen molar-refractivity contribution in [2.75, 3.05) is 17.6 Å². The largest absolute Gasteiger partial charge is 0.469 e. The van der Waals surface area contributed by atoms with Gasteiger partial charge in [0.1, 0.15) is 5.76 Å². The average Bonchev–Trinajstić information content (AvgIpc) is 3.34. The summed E-state index contributed by atoms with van der Waals surface area (Å²) in [6.07, 6.45) is 2.24. The van der Waals surface area contributed by atoms with Gasteiger partial charge in [-0.1, -0.05) is 34.7 Å². The Kier molecular flexibility index (Phi) is 6.86. The Labute approximate surface area is 168 Å². The van der Waals surface area contributed by atoms with Crippen LogP contribution in [0.15, 0.2) is 51.4 Å². The Bertz CT molecular complexity index is 897. The molecule has 0 aliphatic heterocycles. The van der Waals surface area contributed by atoms with E-state index in [0.717, 1.165) is 17.1 Å². The number of rotatable bonds is 8. The van der Waals surface area contributed by atoms with Crippen LogP contribution in [0.3, 0.4) is 0 Å². The Morgan fingerprint density at radius 2 is 2.00 bits per heavy atom. The summed E-state index contributed by atoms with van der Waals surface area (Å²) in [6.45, 7) is 0.498. The summed E-state index contributed by atoms with van der Waals surface area (Å²) in [4.78, 5) is 24.0. The standard InChI is InChI=1S/C17H15ClN4O3S2/c18-11-3-5-12(6-4-11)20-15(24)16-21-22-17(27-16)26-10-14(23)19-8-7-13-2-1-9-25-13/h1-6,9H,7-8,10H2,(H,19,23)(H,20,24). The first-order valence-corrected chi connectivity index (χ1v) is 10.1. The van der Waals surface area contributed by atoms with Crippen LogP contribution in [0, 0.1) is 0 Å². The van der Waals surface area contributed by atoms with Gasteiger partial charge in [0.25, 0.3) is 5.91 Å². The fourth-order valence-electron chi connectivity index (χ4n) is 2.04. The van der Waals surface area contributed by atoms with Crippen LogP contribution in [0.25, 0.3) is 0 Å². The van der Waals surface area contributed by atoms with Crippen molar-refractivity contribution < 1.29 is 14.0 Å². The number of hydrogen-bond acceptors (Lipinski definition) is 7. The second-order valence-corrected chi connectivity index (χ2v) is 7.94. The summed E-state index contributed by atoms with van der Waals surface area (Å²) < 4.78 is 5.75. The summed E-state index contributed by atoms with van der Waals surface area (Å²) in [7, 11) is 0. The zero-order chi connectivity index (χ0) is 19.1. The molecule has 0 aliphatic carbocycles. The van der Waals surface area contributed by atoms with Gasteiger partial charge in [-0.25, -0.2) is 0 Å². The maximum Gasteiger partial charge on any atom is 0.286 e. The zero-order valence-electron chi connectivity index (χ0n) is 14.0. The molecule has 3 aromatic rings. The number of nitrogens with one attached hydrogen (secondary N) is 2. The number of halogens is 1. The number of thioether (sulfide) groups is 1. The molecule has 27 heavy (non-hydrogen) atoms. The molecule has 2 aromatic heterocycles. The van der Waals surface area contributed by atoms with E-state index in [1.54, 1.807) is 30.5 Å². The molecule has 2 heterocycles. The van der Waals surface area contributed by atoms with Crippen molar-refractivity contribution in [3.8, 4) is 0 Å². The van der Waals surface area contributed by atoms with Gasteiger partial charge in [0.15, 0.2) is 4.34 Å². The minimum absolute atomic E-state index is 0.117. The molecule has 1 aromatic carbocycles. The van der Waals surface area contributed by atoms with Crippen LogP contribution in [0.1, 0.15) is 15.6 Å². The summed E-state index contributed by atoms with van der Waals surface area (Å²) in [5, 5.41) is 14.1. The summed E-state index contributed by atoms with van der Waals surface area (Å²) >= 11 is 8.18. The van der Waals surface area contributed by atoms with Crippen molar-refractivity contribution >= 4 is 52.2 Å². The number of nitrogens with zero attached hydrogens (tertiary/aromatic N) is 2. The van der Waals surface area contributed by atoms with E-state index < -0.39 is 0 Å². The lowest BCUT2D eigenvalue weighted by molar-refractivity contribution is -0.118. The van der Waals surface area contributed by atoms with Crippen molar-refractivity contribution in [2.24, 2.45) is 0 Å². The summed E-state index contributed by atoms with van der Waals surface area (Å²) in [5.74, 6) is 0.549. The van der Waals surface area contributed by atoms with Gasteiger partial charge in [-0.05, 0) is 36.4 Å². The highest BCUT2D eigenvalue weighted by Crippen LogP contribution is 2.23. The minimum atomic E-state index is -0.357. The fourth-order valence-corrected chi connectivity index (χ4v) is 3.74. The molecule has 0 radical (unpaired) electrons. The van der Waals surface area contributed by atoms with E-state index >= 15 is 0 Å². The molecule has 140 valence electrons. The third-order valence-corrected chi connectivity index (χ3v) is 5.61. The van der Waals surface area contributed by atoms with Crippen molar-refractivity contribution in [1.82, 2.24) is 15.5 Å². The third kappa shape index (κ3) is 6.09. The van der Waals surface area contributed by atoms with Crippen molar-refractivity contribution in [3.05, 3.63) is 58.5 Å². The maximum absolute atomic E-state index is 12.2. The van der Waals surface area contributed by atoms with Crippen molar-refractivity contribution in [2.45, 2.75) is 10.8 Å². The molecule has 0 saturated carbocycles. The third-order valence-electron chi connectivity index (χ3n) is 3.30. The zero-order valence-corrected chi connectivity index (χ0v) is 16.4. The highest BCUT2D eigenvalue weighted by Gasteiger charge is 2.14. The number of aromatic nitrogens is 2. The molecule has 0 spiro atoms. The minimum Gasteiger partial charge on any atom is -0.469 e. The van der Waals surface area contributed by atoms with E-state index in [1.807, 2.05) is 12.1 Å². The second kappa shape index (κ2) is 9.54. The van der Waals surface area contributed by atoms with Crippen molar-refractivity contribution in [1.29, 1.82) is 0 Å². The highest BCUT2D eigenvalue weighted by molar-refractivity contribution is 8.01. The van der Waals surface area contributed by atoms with Gasteiger partial charge in [0, 0.05) is 23.7 Å². The van der Waals surface area contributed by atoms with Gasteiger partial charge in [-0.2, -0.15) is 0 Å². The van der Waals surface area contributed by atoms with E-state index in [2.05, 4.69) is 20.8 Å². The number of benzene rings is 1. The lowest BCUT2D eigenvalue weighted by atomic mass is 10.3. The van der Waals surface area contributed by atoms with Crippen LogP contribution in [-0.4, -0.2) is 34.3 Å². The van der Waals surface area contributed by atoms with Crippen LogP contribution in [0.2, 0.25) is 5.02 Å². The van der Waals surface area contributed by atoms with E-state index in [9.17, 15) is 9.59 Å². The van der Waals surface area contributed by atoms with Gasteiger partial charge in [0.05, 0.1) is 12.0 Å². The Balaban J connectivity index is 1.42. The molecule has 0 atom stereocenters. The predicted molar refractivity (Wildman–Crippen MR) is 105 cm³/mol. The monoisotopic (exact) mass is 422 g/mol. The average molecular weight is 423 g/mol. The van der Waals surface area contributed by atoms with Crippen LogP contribution in [0.5, 0.6) is 0 Å². The molecule has 0 saturated heterocycles. The summed E-state index contributed by atoms with van der Waals surface area (Å²) in [6, 6.07) is 10.4. The number of carbonyl (C=O) groups excluding carboxylic acids is 2. The highest BCUT2D eigenvalue weighted by atomic mass is 35.5. The molecule has 0 unspecified atom stereocenters. The Morgan fingerprint density at radius 3 is 2.74 bits per heavy atom. The number of carbonyl (C=O) groups is 2. The molecule has 2 amide bonds. The van der Waals surface area contributed by atoms with Crippen LogP contribution >= 0.6 is 34.7 Å². The van der Waals surface area contributed by atoms with Gasteiger partial charge in [0.2, 0.25) is 10.9 Å². The topological polar surface area (TPSA) is 97.1 Å². The van der Waals surface area contributed by atoms with Gasteiger partial charge in [-0.15, -0.1) is 10.2 Å². The number of furan rings is 1. The van der Waals surface area contributed by atoms with Gasteiger partial charge >= 0.3 is 0 Å². The smallest absolute Gasteiger partial charge is 0.286 e. The van der Waals surface area contributed by atoms with Gasteiger partial charge in [-0.3, -0.25) is 9.59 Å². The molecule has 0 aliphatic rings. The molecule has 2 N–H and O–H groups in total. The Morgan fingerprint density at radius 1 is 1.19 bits per heavy atom. The predicted octanol–water partition coefficient (Wildman–Crippen LogP) is 3.49. The second-order valence-electron chi connectivity index (χ2n) is 5.30. The lowest BCUT2D eigenvalue weighted by Crippen LogP contribution is -2.27. The first kappa shape index (κ1) is 19.4. The van der Waals surface area contributed by atoms with E-state index in [1.165, 1.54) is 11.8 Å². The molecule has 0 bridgehead atoms. The van der Waals surface area contributed by atoms with E-state index in [-0.39, 0.29) is 22.6 Å². The molecular weight excluding hydrogens is 408 g/mol. The first-order valence-electron chi connectivity index (χ1n) is 7.92. The van der Waals surface area contributed by atoms with Gasteiger partial charge < -0.3 is 15.1 Å². The van der Waals surface area contributed by atoms with Crippen LogP contribution in [0.4, 0.5) is 5.69 Å². The SMILES string of the molecule is O=C(CSc1nnc(C(=O)Nc2ccc(Cl)cc2)s1)NCCc1ccco1. The fraction of sp³-hybridized carbons (Fsp3) is 0.176. The number of anilines is 1. The lowest BCUT2D eigenvalue weighted by Gasteiger charge is -2.02. The molecule has 10 heteroatoms. The normalized spacial score (nSPS) is 10.6. The molecule has 3 rings (SSSR count). The number of hydrogen-bond donors (Lipinski definition) is 2. The van der Waals surface area contributed by atoms with Crippen molar-refractivity contribution in [3.63, 3.8) is 0 Å². The first-order chi connectivity index (χ1) is 13.1. The maximum atomic E-state index is 12.2. The quantitative estimate of drug-likeness (QED) is 0.539. The van der Waals surface area contributed by atoms with E-state index in [0.29, 0.717) is 28.0 Å². The Hall–Kier alpha value is -2.36. The van der Waals surface area contributed by atoms with E-state index in [4.69, 9.17) is 16.0 Å². The van der Waals surface area contributed by atoms with Crippen LogP contribution in [-0.2, 0) is 11.2 Å². The molecule has 0 fully saturated rings. The summed E-state index contributed by atoms with van der Waals surface area (Å²) in [5.41, 5.74) is 0.615.